The highest BCUT2D eigenvalue weighted by molar-refractivity contribution is 9.10. The average molecular weight is 562 g/mol. The van der Waals surface area contributed by atoms with Crippen LogP contribution >= 0.6 is 15.9 Å². The summed E-state index contributed by atoms with van der Waals surface area (Å²) in [5.41, 5.74) is 3.16. The Balaban J connectivity index is 1.92. The van der Waals surface area contributed by atoms with Crippen LogP contribution in [-0.4, -0.2) is 48.4 Å². The summed E-state index contributed by atoms with van der Waals surface area (Å²) >= 11 is 3.37. The third kappa shape index (κ3) is 6.31. The normalized spacial score (nSPS) is 11.2. The molecule has 1 N–H and O–H groups in total. The van der Waals surface area contributed by atoms with Crippen LogP contribution < -0.4 is 23.9 Å². The summed E-state index contributed by atoms with van der Waals surface area (Å²) in [6, 6.07) is 17.8. The van der Waals surface area contributed by atoms with E-state index >= 15 is 0 Å². The fourth-order valence-electron chi connectivity index (χ4n) is 3.16. The lowest BCUT2D eigenvalue weighted by Crippen LogP contribution is -2.39. The van der Waals surface area contributed by atoms with Crippen LogP contribution in [0, 0.1) is 0 Å². The molecule has 0 unspecified atom stereocenters. The summed E-state index contributed by atoms with van der Waals surface area (Å²) in [6.45, 7) is -0.549. The van der Waals surface area contributed by atoms with Gasteiger partial charge in [0.2, 0.25) is 0 Å². The molecule has 0 bridgehead atoms. The first-order valence-electron chi connectivity index (χ1n) is 10.3. The molecule has 3 rings (SSSR count). The molecule has 0 aliphatic rings. The second-order valence-corrected chi connectivity index (χ2v) is 9.82. The molecule has 35 heavy (non-hydrogen) atoms. The average Bonchev–Trinajstić information content (AvgIpc) is 2.87. The molecule has 0 spiro atoms. The molecule has 0 heterocycles. The predicted octanol–water partition coefficient (Wildman–Crippen LogP) is 3.82. The number of rotatable bonds is 10. The number of halogens is 1. The highest BCUT2D eigenvalue weighted by atomic mass is 79.9. The van der Waals surface area contributed by atoms with Crippen LogP contribution in [0.25, 0.3) is 0 Å². The van der Waals surface area contributed by atoms with Crippen LogP contribution in [0.15, 0.2) is 81.2 Å². The Morgan fingerprint density at radius 2 is 1.69 bits per heavy atom. The van der Waals surface area contributed by atoms with Crippen molar-refractivity contribution in [2.75, 3.05) is 32.2 Å². The van der Waals surface area contributed by atoms with Gasteiger partial charge in [0.15, 0.2) is 0 Å². The van der Waals surface area contributed by atoms with E-state index in [1.165, 1.54) is 45.7 Å². The van der Waals surface area contributed by atoms with Crippen LogP contribution in [-0.2, 0) is 14.8 Å². The fraction of sp³-hybridized carbons (Fsp3) is 0.167. The van der Waals surface area contributed by atoms with Gasteiger partial charge in [0.25, 0.3) is 15.9 Å². The molecule has 3 aromatic rings. The highest BCUT2D eigenvalue weighted by Gasteiger charge is 2.29. The van der Waals surface area contributed by atoms with E-state index in [-0.39, 0.29) is 16.3 Å². The van der Waals surface area contributed by atoms with Gasteiger partial charge in [-0.1, -0.05) is 34.1 Å². The highest BCUT2D eigenvalue weighted by Crippen LogP contribution is 2.35. The summed E-state index contributed by atoms with van der Waals surface area (Å²) < 4.78 is 44.7. The third-order valence-corrected chi connectivity index (χ3v) is 7.13. The van der Waals surface area contributed by atoms with Gasteiger partial charge >= 0.3 is 0 Å². The van der Waals surface area contributed by atoms with Gasteiger partial charge in [-0.3, -0.25) is 9.10 Å². The van der Waals surface area contributed by atoms with E-state index < -0.39 is 22.5 Å². The van der Waals surface area contributed by atoms with E-state index in [0.717, 1.165) is 8.78 Å². The minimum Gasteiger partial charge on any atom is -0.497 e. The molecule has 0 radical (unpaired) electrons. The summed E-state index contributed by atoms with van der Waals surface area (Å²) in [6.07, 6.45) is 1.41. The zero-order chi connectivity index (χ0) is 25.4. The van der Waals surface area contributed by atoms with E-state index in [9.17, 15) is 13.2 Å². The van der Waals surface area contributed by atoms with Crippen molar-refractivity contribution in [1.29, 1.82) is 0 Å². The summed E-state index contributed by atoms with van der Waals surface area (Å²) in [5.74, 6) is 0.591. The van der Waals surface area contributed by atoms with E-state index in [2.05, 4.69) is 26.5 Å². The lowest BCUT2D eigenvalue weighted by Gasteiger charge is -2.25. The number of methoxy groups -OCH3 is 3. The maximum Gasteiger partial charge on any atom is 0.264 e. The van der Waals surface area contributed by atoms with Crippen LogP contribution in [0.1, 0.15) is 5.56 Å². The SMILES string of the molecule is COc1ccc(N(CC(=O)N/N=C/c2cc(Br)ccc2OC)S(=O)(=O)c2ccccc2)c(OC)c1. The maximum atomic E-state index is 13.5. The Hall–Kier alpha value is -3.57. The summed E-state index contributed by atoms with van der Waals surface area (Å²) in [4.78, 5) is 12.8. The number of nitrogens with zero attached hydrogens (tertiary/aromatic N) is 2. The van der Waals surface area contributed by atoms with Crippen molar-refractivity contribution in [3.63, 3.8) is 0 Å². The molecule has 0 fully saturated rings. The number of carbonyl (C=O) groups excluding carboxylic acids is 1. The standard InChI is InChI=1S/C24H24BrN3O6S/c1-32-19-10-11-21(23(14-19)34-3)28(35(30,31)20-7-5-4-6-8-20)16-24(29)27-26-15-17-13-18(25)9-12-22(17)33-2/h4-15H,16H2,1-3H3,(H,27,29)/b26-15+. The first-order chi connectivity index (χ1) is 16.8. The Morgan fingerprint density at radius 1 is 0.971 bits per heavy atom. The zero-order valence-electron chi connectivity index (χ0n) is 19.3. The van der Waals surface area contributed by atoms with Gasteiger partial charge in [-0.2, -0.15) is 5.10 Å². The molecule has 0 saturated heterocycles. The number of benzene rings is 3. The number of anilines is 1. The van der Waals surface area contributed by atoms with Crippen molar-refractivity contribution >= 4 is 43.8 Å². The van der Waals surface area contributed by atoms with Crippen molar-refractivity contribution in [2.45, 2.75) is 4.90 Å². The summed E-state index contributed by atoms with van der Waals surface area (Å²) in [7, 11) is 0.289. The van der Waals surface area contributed by atoms with Crippen LogP contribution in [0.4, 0.5) is 5.69 Å². The molecule has 9 nitrogen and oxygen atoms in total. The largest absolute Gasteiger partial charge is 0.497 e. The fourth-order valence-corrected chi connectivity index (χ4v) is 4.99. The van der Waals surface area contributed by atoms with E-state index in [4.69, 9.17) is 14.2 Å². The Morgan fingerprint density at radius 3 is 2.34 bits per heavy atom. The van der Waals surface area contributed by atoms with E-state index in [1.807, 2.05) is 6.07 Å². The predicted molar refractivity (Wildman–Crippen MR) is 137 cm³/mol. The Kier molecular flexibility index (Phi) is 8.72. The first kappa shape index (κ1) is 26.0. The number of ether oxygens (including phenoxy) is 3. The maximum absolute atomic E-state index is 13.5. The summed E-state index contributed by atoms with van der Waals surface area (Å²) in [5, 5.41) is 3.96. The van der Waals surface area contributed by atoms with Gasteiger partial charge in [0, 0.05) is 16.1 Å². The van der Waals surface area contributed by atoms with Gasteiger partial charge in [0.1, 0.15) is 23.8 Å². The topological polar surface area (TPSA) is 107 Å². The molecule has 184 valence electrons. The second kappa shape index (κ2) is 11.7. The molecule has 0 saturated carbocycles. The number of sulfonamides is 1. The van der Waals surface area contributed by atoms with Crippen molar-refractivity contribution in [1.82, 2.24) is 5.43 Å². The van der Waals surface area contributed by atoms with Gasteiger partial charge in [-0.15, -0.1) is 0 Å². The molecular weight excluding hydrogens is 538 g/mol. The number of carbonyl (C=O) groups is 1. The van der Waals surface area contributed by atoms with Crippen molar-refractivity contribution < 1.29 is 27.4 Å². The lowest BCUT2D eigenvalue weighted by molar-refractivity contribution is -0.119. The van der Waals surface area contributed by atoms with Crippen LogP contribution in [0.3, 0.4) is 0 Å². The van der Waals surface area contributed by atoms with E-state index in [0.29, 0.717) is 17.1 Å². The zero-order valence-corrected chi connectivity index (χ0v) is 21.7. The molecule has 0 aliphatic carbocycles. The quantitative estimate of drug-likeness (QED) is 0.298. The molecule has 0 aliphatic heterocycles. The molecule has 0 aromatic heterocycles. The Labute approximate surface area is 212 Å². The van der Waals surface area contributed by atoms with Crippen LogP contribution in [0.2, 0.25) is 0 Å². The molecule has 3 aromatic carbocycles. The number of hydrazone groups is 1. The minimum atomic E-state index is -4.12. The molecule has 1 amide bonds. The number of amides is 1. The van der Waals surface area contributed by atoms with Gasteiger partial charge in [-0.25, -0.2) is 13.8 Å². The molecular formula is C24H24BrN3O6S. The molecule has 0 atom stereocenters. The lowest BCUT2D eigenvalue weighted by atomic mass is 10.2. The van der Waals surface area contributed by atoms with Crippen molar-refractivity contribution in [3.8, 4) is 17.2 Å². The van der Waals surface area contributed by atoms with Gasteiger partial charge < -0.3 is 14.2 Å². The smallest absolute Gasteiger partial charge is 0.264 e. The molecule has 11 heteroatoms. The monoisotopic (exact) mass is 561 g/mol. The first-order valence-corrected chi connectivity index (χ1v) is 12.5. The van der Waals surface area contributed by atoms with Gasteiger partial charge in [0.05, 0.1) is 38.1 Å². The number of hydrogen-bond donors (Lipinski definition) is 1. The second-order valence-electron chi connectivity index (χ2n) is 7.04. The number of hydrogen-bond acceptors (Lipinski definition) is 7. The minimum absolute atomic E-state index is 0.0213. The van der Waals surface area contributed by atoms with Crippen LogP contribution in [0.5, 0.6) is 17.2 Å². The van der Waals surface area contributed by atoms with Crippen molar-refractivity contribution in [3.05, 3.63) is 76.8 Å². The third-order valence-electron chi connectivity index (χ3n) is 4.86. The van der Waals surface area contributed by atoms with Gasteiger partial charge in [-0.05, 0) is 42.5 Å². The van der Waals surface area contributed by atoms with Crippen molar-refractivity contribution in [2.24, 2.45) is 5.10 Å². The number of nitrogens with one attached hydrogen (secondary N) is 1. The van der Waals surface area contributed by atoms with E-state index in [1.54, 1.807) is 42.5 Å². The Bertz CT molecular complexity index is 1320.